The molecular formula is C10H24NaO6P. The second-order valence-electron chi connectivity index (χ2n) is 3.39. The molecule has 0 fully saturated rings. The maximum absolute atomic E-state index is 8.88. The molecule has 0 aromatic rings. The Bertz CT molecular complexity index is 181. The smallest absolute Gasteiger partial charge is 0.384 e. The zero-order valence-electron chi connectivity index (χ0n) is 11.5. The van der Waals surface area contributed by atoms with Crippen molar-refractivity contribution < 1.29 is 58.3 Å². The van der Waals surface area contributed by atoms with Gasteiger partial charge >= 0.3 is 37.4 Å². The van der Waals surface area contributed by atoms with Gasteiger partial charge in [-0.3, -0.25) is 6.92 Å². The number of rotatable bonds is 8. The van der Waals surface area contributed by atoms with Gasteiger partial charge in [-0.25, -0.2) is 4.57 Å². The first-order valence-electron chi connectivity index (χ1n) is 5.65. The van der Waals surface area contributed by atoms with Crippen molar-refractivity contribution in [2.45, 2.75) is 45.8 Å². The minimum absolute atomic E-state index is 0. The van der Waals surface area contributed by atoms with Gasteiger partial charge in [0, 0.05) is 19.5 Å². The Morgan fingerprint density at radius 2 is 1.33 bits per heavy atom. The van der Waals surface area contributed by atoms with Gasteiger partial charge in [0.2, 0.25) is 0 Å². The van der Waals surface area contributed by atoms with Crippen molar-refractivity contribution >= 4 is 7.82 Å². The second-order valence-corrected chi connectivity index (χ2v) is 4.42. The Hall–Kier alpha value is 1.03. The fraction of sp³-hybridized carbons (Fsp3) is 0.900. The average molecular weight is 294 g/mol. The number of ether oxygens (including phenoxy) is 2. The summed E-state index contributed by atoms with van der Waals surface area (Å²) in [6, 6.07) is 0. The fourth-order valence-electron chi connectivity index (χ4n) is 0.766. The minimum atomic E-state index is -4.64. The van der Waals surface area contributed by atoms with E-state index in [2.05, 4.69) is 20.8 Å². The van der Waals surface area contributed by atoms with Crippen molar-refractivity contribution in [2.24, 2.45) is 0 Å². The van der Waals surface area contributed by atoms with Crippen LogP contribution in [0.25, 0.3) is 0 Å². The number of unbranched alkanes of at least 4 members (excludes halogenated alkanes) is 2. The van der Waals surface area contributed by atoms with Crippen LogP contribution in [0.5, 0.6) is 0 Å². The summed E-state index contributed by atoms with van der Waals surface area (Å²) in [5.74, 6) is 0. The van der Waals surface area contributed by atoms with Gasteiger partial charge in [0.25, 0.3) is 0 Å². The molecule has 0 unspecified atom stereocenters. The Morgan fingerprint density at radius 3 is 1.56 bits per heavy atom. The van der Waals surface area contributed by atoms with E-state index in [0.29, 0.717) is 0 Å². The molecule has 0 saturated carbocycles. The normalized spacial score (nSPS) is 10.6. The van der Waals surface area contributed by atoms with Gasteiger partial charge in [-0.1, -0.05) is 26.7 Å². The predicted octanol–water partition coefficient (Wildman–Crippen LogP) is -1.14. The van der Waals surface area contributed by atoms with E-state index in [-0.39, 0.29) is 35.8 Å². The third-order valence-electron chi connectivity index (χ3n) is 1.60. The molecule has 0 aromatic carbocycles. The zero-order chi connectivity index (χ0) is 13.7. The molecular weight excluding hydrogens is 270 g/mol. The standard InChI is InChI=1S/C10H21O2.Na.H3O4P/c1-4-6-8-11-10(3)12-9-7-5-2;;1-5(2,3)4/h10H,3-9H2,1-2H3;;(H3,1,2,3,4)/q-1;+1;. The third-order valence-corrected chi connectivity index (χ3v) is 1.60. The summed E-state index contributed by atoms with van der Waals surface area (Å²) in [6.45, 7) is 9.54. The first-order chi connectivity index (χ1) is 7.81. The van der Waals surface area contributed by atoms with Crippen LogP contribution < -0.4 is 29.6 Å². The van der Waals surface area contributed by atoms with Crippen molar-refractivity contribution in [1.82, 2.24) is 0 Å². The summed E-state index contributed by atoms with van der Waals surface area (Å²) >= 11 is 0. The molecule has 0 rings (SSSR count). The summed E-state index contributed by atoms with van der Waals surface area (Å²) in [5, 5.41) is 0. The molecule has 0 spiro atoms. The predicted molar refractivity (Wildman–Crippen MR) is 65.1 cm³/mol. The largest absolute Gasteiger partial charge is 1.00 e. The fourth-order valence-corrected chi connectivity index (χ4v) is 0.766. The molecule has 106 valence electrons. The molecule has 0 radical (unpaired) electrons. The monoisotopic (exact) mass is 294 g/mol. The summed E-state index contributed by atoms with van der Waals surface area (Å²) in [5.41, 5.74) is 0. The van der Waals surface area contributed by atoms with Crippen molar-refractivity contribution in [2.75, 3.05) is 13.2 Å². The Labute approximate surface area is 132 Å². The maximum atomic E-state index is 8.88. The van der Waals surface area contributed by atoms with Crippen LogP contribution in [0.2, 0.25) is 0 Å². The van der Waals surface area contributed by atoms with Crippen LogP contribution >= 0.6 is 7.82 Å². The van der Waals surface area contributed by atoms with E-state index in [1.807, 2.05) is 0 Å². The molecule has 0 aliphatic carbocycles. The number of hydrogen-bond acceptors (Lipinski definition) is 3. The van der Waals surface area contributed by atoms with Gasteiger partial charge in [-0.15, -0.1) is 0 Å². The third kappa shape index (κ3) is 36.0. The van der Waals surface area contributed by atoms with Gasteiger partial charge < -0.3 is 24.2 Å². The molecule has 0 aliphatic heterocycles. The van der Waals surface area contributed by atoms with E-state index in [1.165, 1.54) is 0 Å². The number of phosphoric acid groups is 1. The molecule has 0 amide bonds. The van der Waals surface area contributed by atoms with Crippen LogP contribution in [-0.4, -0.2) is 34.2 Å². The molecule has 0 heterocycles. The van der Waals surface area contributed by atoms with Crippen molar-refractivity contribution in [3.8, 4) is 0 Å². The quantitative estimate of drug-likeness (QED) is 0.172. The zero-order valence-corrected chi connectivity index (χ0v) is 14.4. The van der Waals surface area contributed by atoms with Crippen LogP contribution in [0.15, 0.2) is 0 Å². The molecule has 0 aliphatic rings. The van der Waals surface area contributed by atoms with E-state index in [9.17, 15) is 0 Å². The topological polar surface area (TPSA) is 96.2 Å². The molecule has 0 atom stereocenters. The van der Waals surface area contributed by atoms with Gasteiger partial charge in [0.05, 0.1) is 0 Å². The van der Waals surface area contributed by atoms with Crippen molar-refractivity contribution in [3.05, 3.63) is 6.92 Å². The molecule has 18 heavy (non-hydrogen) atoms. The molecule has 0 aromatic heterocycles. The first kappa shape index (κ1) is 24.1. The van der Waals surface area contributed by atoms with Gasteiger partial charge in [-0.05, 0) is 12.8 Å². The molecule has 3 N–H and O–H groups in total. The Balaban J connectivity index is -0.000000321. The minimum Gasteiger partial charge on any atom is -0.384 e. The van der Waals surface area contributed by atoms with Gasteiger partial charge in [-0.2, -0.15) is 0 Å². The number of hydrogen-bond donors (Lipinski definition) is 3. The molecule has 0 bridgehead atoms. The van der Waals surface area contributed by atoms with Crippen LogP contribution in [0.4, 0.5) is 0 Å². The van der Waals surface area contributed by atoms with E-state index in [1.54, 1.807) is 0 Å². The van der Waals surface area contributed by atoms with Crippen LogP contribution in [0.3, 0.4) is 0 Å². The Morgan fingerprint density at radius 1 is 1.06 bits per heavy atom. The SMILES string of the molecule is O=P(O)(O)O.[CH2-]C(OCCCC)OCCCC.[Na+]. The Kier molecular flexibility index (Phi) is 21.5. The van der Waals surface area contributed by atoms with Crippen molar-refractivity contribution in [1.29, 1.82) is 0 Å². The van der Waals surface area contributed by atoms with E-state index in [4.69, 9.17) is 28.7 Å². The summed E-state index contributed by atoms with van der Waals surface area (Å²) in [6.07, 6.45) is 4.21. The average Bonchev–Trinajstić information content (AvgIpc) is 2.16. The maximum Gasteiger partial charge on any atom is 1.00 e. The van der Waals surface area contributed by atoms with Crippen LogP contribution in [0.1, 0.15) is 39.5 Å². The van der Waals surface area contributed by atoms with Crippen LogP contribution in [0, 0.1) is 6.92 Å². The molecule has 6 nitrogen and oxygen atoms in total. The molecule has 0 saturated heterocycles. The summed E-state index contributed by atoms with van der Waals surface area (Å²) < 4.78 is 19.5. The summed E-state index contributed by atoms with van der Waals surface area (Å²) in [7, 11) is -4.64. The van der Waals surface area contributed by atoms with Gasteiger partial charge in [0.1, 0.15) is 0 Å². The van der Waals surface area contributed by atoms with E-state index < -0.39 is 7.82 Å². The van der Waals surface area contributed by atoms with Crippen molar-refractivity contribution in [3.63, 3.8) is 0 Å². The first-order valence-corrected chi connectivity index (χ1v) is 7.22. The van der Waals surface area contributed by atoms with Crippen LogP contribution in [-0.2, 0) is 14.0 Å². The van der Waals surface area contributed by atoms with E-state index in [0.717, 1.165) is 38.9 Å². The second kappa shape index (κ2) is 16.1. The van der Waals surface area contributed by atoms with E-state index >= 15 is 0 Å². The summed E-state index contributed by atoms with van der Waals surface area (Å²) in [4.78, 5) is 21.6. The van der Waals surface area contributed by atoms with Gasteiger partial charge in [0.15, 0.2) is 0 Å². The molecule has 8 heteroatoms.